The smallest absolute Gasteiger partial charge is 0.0445 e. The van der Waals surface area contributed by atoms with Crippen LogP contribution >= 0.6 is 0 Å². The van der Waals surface area contributed by atoms with Gasteiger partial charge in [-0.3, -0.25) is 0 Å². The summed E-state index contributed by atoms with van der Waals surface area (Å²) < 4.78 is 0. The molecule has 1 radical (unpaired) electrons. The van der Waals surface area contributed by atoms with Crippen molar-refractivity contribution in [3.63, 3.8) is 0 Å². The number of hydrogen-bond donors (Lipinski definition) is 0. The Morgan fingerprint density at radius 1 is 1.00 bits per heavy atom. The number of unbranched alkanes of at least 4 members (excludes halogenated alkanes) is 5. The third kappa shape index (κ3) is 8.10. The van der Waals surface area contributed by atoms with E-state index in [1.165, 1.54) is 44.9 Å². The number of rotatable bonds is 8. The lowest BCUT2D eigenvalue weighted by atomic mass is 10.00. The van der Waals surface area contributed by atoms with Gasteiger partial charge >= 0.3 is 0 Å². The van der Waals surface area contributed by atoms with Crippen molar-refractivity contribution in [3.05, 3.63) is 6.92 Å². The maximum Gasteiger partial charge on any atom is -0.0445 e. The molecule has 0 aromatic heterocycles. The standard InChI is InChI=1S/C12H25/c1-4-6-7-8-9-10-11-12(3)5-2/h12H,1,4-11H2,2-3H3. The minimum absolute atomic E-state index is 0.942. The van der Waals surface area contributed by atoms with E-state index in [9.17, 15) is 0 Å². The van der Waals surface area contributed by atoms with Crippen LogP contribution < -0.4 is 0 Å². The van der Waals surface area contributed by atoms with Gasteiger partial charge in [0, 0.05) is 0 Å². The summed E-state index contributed by atoms with van der Waals surface area (Å²) >= 11 is 0. The first-order valence-electron chi connectivity index (χ1n) is 5.60. The molecule has 0 nitrogen and oxygen atoms in total. The quantitative estimate of drug-likeness (QED) is 0.466. The molecule has 12 heavy (non-hydrogen) atoms. The van der Waals surface area contributed by atoms with Crippen molar-refractivity contribution >= 4 is 0 Å². The van der Waals surface area contributed by atoms with Crippen LogP contribution in [0, 0.1) is 12.8 Å². The fraction of sp³-hybridized carbons (Fsp3) is 0.917. The van der Waals surface area contributed by atoms with Gasteiger partial charge in [0.15, 0.2) is 0 Å². The van der Waals surface area contributed by atoms with Crippen LogP contribution in [0.25, 0.3) is 0 Å². The zero-order valence-electron chi connectivity index (χ0n) is 8.94. The topological polar surface area (TPSA) is 0 Å². The summed E-state index contributed by atoms with van der Waals surface area (Å²) in [5.41, 5.74) is 0. The van der Waals surface area contributed by atoms with Crippen LogP contribution in [-0.2, 0) is 0 Å². The Bertz CT molecular complexity index is 76.1. The average Bonchev–Trinajstić information content (AvgIpc) is 2.10. The molecule has 0 N–H and O–H groups in total. The summed E-state index contributed by atoms with van der Waals surface area (Å²) in [6.07, 6.45) is 10.9. The maximum absolute atomic E-state index is 3.84. The summed E-state index contributed by atoms with van der Waals surface area (Å²) in [7, 11) is 0. The molecule has 0 aliphatic heterocycles. The molecular formula is C12H25. The molecule has 0 aliphatic rings. The van der Waals surface area contributed by atoms with Crippen molar-refractivity contribution in [3.8, 4) is 0 Å². The Labute approximate surface area is 78.8 Å². The van der Waals surface area contributed by atoms with E-state index in [1.807, 2.05) is 0 Å². The van der Waals surface area contributed by atoms with E-state index in [4.69, 9.17) is 0 Å². The first-order chi connectivity index (χ1) is 5.81. The molecular weight excluding hydrogens is 144 g/mol. The van der Waals surface area contributed by atoms with Crippen LogP contribution in [0.3, 0.4) is 0 Å². The highest BCUT2D eigenvalue weighted by atomic mass is 14.0. The first-order valence-corrected chi connectivity index (χ1v) is 5.60. The van der Waals surface area contributed by atoms with Crippen LogP contribution in [0.1, 0.15) is 65.2 Å². The third-order valence-electron chi connectivity index (χ3n) is 2.64. The fourth-order valence-corrected chi connectivity index (χ4v) is 1.40. The van der Waals surface area contributed by atoms with E-state index in [1.54, 1.807) is 0 Å². The Hall–Kier alpha value is 0. The zero-order valence-corrected chi connectivity index (χ0v) is 8.94. The molecule has 0 saturated heterocycles. The minimum atomic E-state index is 0.942. The van der Waals surface area contributed by atoms with E-state index >= 15 is 0 Å². The Balaban J connectivity index is 2.90. The van der Waals surface area contributed by atoms with Gasteiger partial charge in [-0.25, -0.2) is 0 Å². The fourth-order valence-electron chi connectivity index (χ4n) is 1.40. The monoisotopic (exact) mass is 169 g/mol. The predicted octanol–water partition coefficient (Wildman–Crippen LogP) is 4.60. The van der Waals surface area contributed by atoms with Crippen LogP contribution in [0.5, 0.6) is 0 Å². The second-order valence-electron chi connectivity index (χ2n) is 3.92. The highest BCUT2D eigenvalue weighted by molar-refractivity contribution is 4.51. The largest absolute Gasteiger partial charge is 0.0651 e. The van der Waals surface area contributed by atoms with E-state index < -0.39 is 0 Å². The lowest BCUT2D eigenvalue weighted by Crippen LogP contribution is -1.91. The second kappa shape index (κ2) is 9.09. The highest BCUT2D eigenvalue weighted by Crippen LogP contribution is 2.13. The number of hydrogen-bond acceptors (Lipinski definition) is 0. The lowest BCUT2D eigenvalue weighted by molar-refractivity contribution is 0.473. The normalized spacial score (nSPS) is 13.2. The molecule has 0 aromatic rings. The predicted molar refractivity (Wildman–Crippen MR) is 57.1 cm³/mol. The molecule has 0 spiro atoms. The molecule has 0 aromatic carbocycles. The summed E-state index contributed by atoms with van der Waals surface area (Å²) in [6, 6.07) is 0. The van der Waals surface area contributed by atoms with Crippen molar-refractivity contribution in [2.24, 2.45) is 5.92 Å². The van der Waals surface area contributed by atoms with Gasteiger partial charge in [0.1, 0.15) is 0 Å². The Morgan fingerprint density at radius 2 is 1.58 bits per heavy atom. The molecule has 0 bridgehead atoms. The molecule has 0 heterocycles. The van der Waals surface area contributed by atoms with Crippen molar-refractivity contribution < 1.29 is 0 Å². The highest BCUT2D eigenvalue weighted by Gasteiger charge is 1.97. The summed E-state index contributed by atoms with van der Waals surface area (Å²) in [4.78, 5) is 0. The third-order valence-corrected chi connectivity index (χ3v) is 2.64. The second-order valence-corrected chi connectivity index (χ2v) is 3.92. The summed E-state index contributed by atoms with van der Waals surface area (Å²) in [5.74, 6) is 0.942. The van der Waals surface area contributed by atoms with Gasteiger partial charge in [0.25, 0.3) is 0 Å². The molecule has 0 amide bonds. The molecule has 1 atom stereocenters. The SMILES string of the molecule is [CH2]CCCCCCCC(C)CC. The molecule has 0 rings (SSSR count). The van der Waals surface area contributed by atoms with Gasteiger partial charge in [-0.05, 0) is 5.92 Å². The molecule has 0 aliphatic carbocycles. The molecule has 0 fully saturated rings. The molecule has 1 unspecified atom stereocenters. The summed E-state index contributed by atoms with van der Waals surface area (Å²) in [5, 5.41) is 0. The maximum atomic E-state index is 3.84. The summed E-state index contributed by atoms with van der Waals surface area (Å²) in [6.45, 7) is 8.49. The average molecular weight is 169 g/mol. The van der Waals surface area contributed by atoms with E-state index in [0.717, 1.165) is 12.3 Å². The molecule has 73 valence electrons. The molecule has 0 saturated carbocycles. The van der Waals surface area contributed by atoms with Crippen molar-refractivity contribution in [1.82, 2.24) is 0 Å². The van der Waals surface area contributed by atoms with E-state index in [-0.39, 0.29) is 0 Å². The van der Waals surface area contributed by atoms with Crippen LogP contribution in [0.4, 0.5) is 0 Å². The van der Waals surface area contributed by atoms with E-state index in [0.29, 0.717) is 0 Å². The van der Waals surface area contributed by atoms with Crippen LogP contribution in [0.2, 0.25) is 0 Å². The van der Waals surface area contributed by atoms with Gasteiger partial charge in [-0.2, -0.15) is 0 Å². The van der Waals surface area contributed by atoms with Gasteiger partial charge in [0.2, 0.25) is 0 Å². The van der Waals surface area contributed by atoms with Crippen molar-refractivity contribution in [2.75, 3.05) is 0 Å². The van der Waals surface area contributed by atoms with Gasteiger partial charge < -0.3 is 0 Å². The zero-order chi connectivity index (χ0) is 9.23. The lowest BCUT2D eigenvalue weighted by Gasteiger charge is -2.06. The van der Waals surface area contributed by atoms with Crippen LogP contribution in [0.15, 0.2) is 0 Å². The van der Waals surface area contributed by atoms with Crippen molar-refractivity contribution in [2.45, 2.75) is 65.2 Å². The first kappa shape index (κ1) is 12.0. The van der Waals surface area contributed by atoms with Gasteiger partial charge in [-0.1, -0.05) is 72.1 Å². The molecule has 0 heteroatoms. The van der Waals surface area contributed by atoms with Gasteiger partial charge in [-0.15, -0.1) is 0 Å². The van der Waals surface area contributed by atoms with E-state index in [2.05, 4.69) is 20.8 Å². The van der Waals surface area contributed by atoms with Gasteiger partial charge in [0.05, 0.1) is 0 Å². The Morgan fingerprint density at radius 3 is 2.17 bits per heavy atom. The Kier molecular flexibility index (Phi) is 9.09. The van der Waals surface area contributed by atoms with Crippen LogP contribution in [-0.4, -0.2) is 0 Å². The minimum Gasteiger partial charge on any atom is -0.0651 e. The van der Waals surface area contributed by atoms with Crippen molar-refractivity contribution in [1.29, 1.82) is 0 Å².